The van der Waals surface area contributed by atoms with Crippen LogP contribution in [0, 0.1) is 0 Å². The number of hydrogen-bond acceptors (Lipinski definition) is 7. The molecule has 7 nitrogen and oxygen atoms in total. The van der Waals surface area contributed by atoms with E-state index in [1.54, 1.807) is 49.7 Å². The highest BCUT2D eigenvalue weighted by Gasteiger charge is 2.15. The summed E-state index contributed by atoms with van der Waals surface area (Å²) in [7, 11) is 1.61. The quantitative estimate of drug-likeness (QED) is 0.207. The van der Waals surface area contributed by atoms with Gasteiger partial charge in [0.15, 0.2) is 5.78 Å². The minimum atomic E-state index is -0.0309. The van der Waals surface area contributed by atoms with Crippen molar-refractivity contribution in [3.63, 3.8) is 0 Å². The van der Waals surface area contributed by atoms with Crippen molar-refractivity contribution in [2.75, 3.05) is 19.0 Å². The summed E-state index contributed by atoms with van der Waals surface area (Å²) in [5.41, 5.74) is 9.81. The molecule has 0 amide bonds. The molecule has 0 fully saturated rings. The molecule has 0 aliphatic carbocycles. The van der Waals surface area contributed by atoms with Gasteiger partial charge in [0, 0.05) is 34.8 Å². The molecule has 0 radical (unpaired) electrons. The smallest absolute Gasteiger partial charge is 0.193 e. The van der Waals surface area contributed by atoms with E-state index in [2.05, 4.69) is 27.5 Å². The monoisotopic (exact) mass is 467 g/mol. The molecule has 0 aliphatic heterocycles. The predicted octanol–water partition coefficient (Wildman–Crippen LogP) is 6.43. The van der Waals surface area contributed by atoms with Gasteiger partial charge in [0.1, 0.15) is 11.4 Å². The Hall–Kier alpha value is -4.10. The molecule has 1 heterocycles. The van der Waals surface area contributed by atoms with E-state index in [4.69, 9.17) is 10.5 Å². The fourth-order valence-corrected chi connectivity index (χ4v) is 3.89. The number of benzene rings is 3. The number of carbonyl (C=O) groups is 1. The summed E-state index contributed by atoms with van der Waals surface area (Å²) in [6.45, 7) is 2.78. The van der Waals surface area contributed by atoms with Crippen LogP contribution in [0.2, 0.25) is 0 Å². The second-order valence-electron chi connectivity index (χ2n) is 8.29. The number of aromatic nitrogens is 1. The van der Waals surface area contributed by atoms with Crippen LogP contribution in [0.4, 0.5) is 17.1 Å². The number of nitrogens with zero attached hydrogens (tertiary/aromatic N) is 3. The van der Waals surface area contributed by atoms with Crippen molar-refractivity contribution in [1.29, 1.82) is 0 Å². The fraction of sp³-hybridized carbons (Fsp3) is 0.214. The number of azo groups is 1. The van der Waals surface area contributed by atoms with Crippen LogP contribution in [0.3, 0.4) is 0 Å². The molecule has 0 bridgehead atoms. The van der Waals surface area contributed by atoms with Crippen LogP contribution < -0.4 is 15.8 Å². The topological polar surface area (TPSA) is 102 Å². The number of carbonyl (C=O) groups excluding carboxylic acids is 1. The molecule has 4 rings (SSSR count). The molecule has 0 saturated carbocycles. The van der Waals surface area contributed by atoms with Gasteiger partial charge in [0.2, 0.25) is 0 Å². The van der Waals surface area contributed by atoms with Gasteiger partial charge in [-0.1, -0.05) is 30.3 Å². The van der Waals surface area contributed by atoms with Crippen LogP contribution in [-0.2, 0) is 0 Å². The number of nitrogens with two attached hydrogens (primary N) is 1. The van der Waals surface area contributed by atoms with Crippen LogP contribution >= 0.6 is 0 Å². The van der Waals surface area contributed by atoms with Gasteiger partial charge in [-0.05, 0) is 62.7 Å². The zero-order valence-electron chi connectivity index (χ0n) is 19.9. The normalized spacial score (nSPS) is 12.1. The number of pyridine rings is 1. The largest absolute Gasteiger partial charge is 0.494 e. The number of ketones is 1. The minimum absolute atomic E-state index is 0.0309. The molecule has 35 heavy (non-hydrogen) atoms. The van der Waals surface area contributed by atoms with Crippen molar-refractivity contribution in [3.05, 3.63) is 90.1 Å². The van der Waals surface area contributed by atoms with Gasteiger partial charge in [0.05, 0.1) is 24.0 Å². The van der Waals surface area contributed by atoms with E-state index in [0.29, 0.717) is 34.8 Å². The predicted molar refractivity (Wildman–Crippen MR) is 140 cm³/mol. The van der Waals surface area contributed by atoms with Crippen LogP contribution in [0.1, 0.15) is 35.7 Å². The van der Waals surface area contributed by atoms with Crippen LogP contribution in [0.25, 0.3) is 10.9 Å². The molecule has 0 aliphatic rings. The number of fused-ring (bicyclic) bond motifs is 1. The highest BCUT2D eigenvalue weighted by molar-refractivity contribution is 6.09. The lowest BCUT2D eigenvalue weighted by Gasteiger charge is -2.18. The molecular formula is C28H29N5O2. The third kappa shape index (κ3) is 5.70. The molecular weight excluding hydrogens is 438 g/mol. The lowest BCUT2D eigenvalue weighted by molar-refractivity contribution is 0.103. The average molecular weight is 468 g/mol. The van der Waals surface area contributed by atoms with E-state index in [0.717, 1.165) is 29.4 Å². The molecule has 178 valence electrons. The number of rotatable bonds is 10. The SMILES string of the molecule is COc1cc(NC(C)CCCN)c2ncccc2c1N=Nc1ccc(C(=O)c2ccccc2)cc1. The Bertz CT molecular complexity index is 1320. The summed E-state index contributed by atoms with van der Waals surface area (Å²) < 4.78 is 5.66. The van der Waals surface area contributed by atoms with E-state index in [9.17, 15) is 4.79 Å². The molecule has 1 atom stereocenters. The number of anilines is 1. The Kier molecular flexibility index (Phi) is 7.80. The lowest BCUT2D eigenvalue weighted by atomic mass is 10.0. The van der Waals surface area contributed by atoms with Gasteiger partial charge in [-0.2, -0.15) is 5.11 Å². The number of hydrogen-bond donors (Lipinski definition) is 2. The Morgan fingerprint density at radius 1 is 1.03 bits per heavy atom. The second kappa shape index (κ2) is 11.4. The van der Waals surface area contributed by atoms with Crippen molar-refractivity contribution in [2.24, 2.45) is 16.0 Å². The Morgan fingerprint density at radius 3 is 2.49 bits per heavy atom. The van der Waals surface area contributed by atoms with E-state index in [1.807, 2.05) is 36.4 Å². The maximum absolute atomic E-state index is 12.6. The van der Waals surface area contributed by atoms with Gasteiger partial charge in [-0.25, -0.2) is 0 Å². The molecule has 3 N–H and O–H groups in total. The van der Waals surface area contributed by atoms with Crippen LogP contribution in [-0.4, -0.2) is 30.5 Å². The molecule has 0 saturated heterocycles. The summed E-state index contributed by atoms with van der Waals surface area (Å²) in [5, 5.41) is 13.3. The van der Waals surface area contributed by atoms with Crippen molar-refractivity contribution in [1.82, 2.24) is 4.98 Å². The second-order valence-corrected chi connectivity index (χ2v) is 8.29. The maximum atomic E-state index is 12.6. The third-order valence-electron chi connectivity index (χ3n) is 5.72. The van der Waals surface area contributed by atoms with Gasteiger partial charge in [-0.3, -0.25) is 9.78 Å². The molecule has 0 spiro atoms. The standard InChI is InChI=1S/C28H29N5O2/c1-19(8-6-16-29)31-24-18-25(35-2)27(23-11-7-17-30-26(23)24)33-32-22-14-12-21(13-15-22)28(34)20-9-4-3-5-10-20/h3-5,7,9-15,17-19,31H,6,8,16,29H2,1-2H3. The molecule has 4 aromatic rings. The molecule has 1 unspecified atom stereocenters. The van der Waals surface area contributed by atoms with Crippen molar-refractivity contribution in [2.45, 2.75) is 25.8 Å². The molecule has 7 heteroatoms. The van der Waals surface area contributed by atoms with E-state index >= 15 is 0 Å². The summed E-state index contributed by atoms with van der Waals surface area (Å²) in [6.07, 6.45) is 3.66. The highest BCUT2D eigenvalue weighted by Crippen LogP contribution is 2.40. The first-order valence-corrected chi connectivity index (χ1v) is 11.6. The first kappa shape index (κ1) is 24.0. The Morgan fingerprint density at radius 2 is 1.77 bits per heavy atom. The molecule has 3 aromatic carbocycles. The van der Waals surface area contributed by atoms with E-state index in [1.165, 1.54) is 0 Å². The highest BCUT2D eigenvalue weighted by atomic mass is 16.5. The van der Waals surface area contributed by atoms with Crippen molar-refractivity contribution >= 4 is 33.7 Å². The summed E-state index contributed by atoms with van der Waals surface area (Å²) >= 11 is 0. The van der Waals surface area contributed by atoms with Gasteiger partial charge < -0.3 is 15.8 Å². The first-order valence-electron chi connectivity index (χ1n) is 11.6. The first-order chi connectivity index (χ1) is 17.1. The van der Waals surface area contributed by atoms with Crippen LogP contribution in [0.15, 0.2) is 89.2 Å². The Balaban J connectivity index is 1.62. The maximum Gasteiger partial charge on any atom is 0.193 e. The lowest BCUT2D eigenvalue weighted by Crippen LogP contribution is -2.17. The van der Waals surface area contributed by atoms with Crippen molar-refractivity contribution < 1.29 is 9.53 Å². The van der Waals surface area contributed by atoms with Gasteiger partial charge in [-0.15, -0.1) is 5.11 Å². The fourth-order valence-electron chi connectivity index (χ4n) is 3.89. The van der Waals surface area contributed by atoms with E-state index < -0.39 is 0 Å². The van der Waals surface area contributed by atoms with Crippen molar-refractivity contribution in [3.8, 4) is 5.75 Å². The molecule has 1 aromatic heterocycles. The van der Waals surface area contributed by atoms with Crippen LogP contribution in [0.5, 0.6) is 5.75 Å². The van der Waals surface area contributed by atoms with E-state index in [-0.39, 0.29) is 11.8 Å². The average Bonchev–Trinajstić information content (AvgIpc) is 2.91. The zero-order valence-corrected chi connectivity index (χ0v) is 19.9. The number of methoxy groups -OCH3 is 1. The summed E-state index contributed by atoms with van der Waals surface area (Å²) in [6, 6.07) is 22.2. The minimum Gasteiger partial charge on any atom is -0.494 e. The van der Waals surface area contributed by atoms with Gasteiger partial charge in [0.25, 0.3) is 0 Å². The van der Waals surface area contributed by atoms with Gasteiger partial charge >= 0.3 is 0 Å². The Labute approximate surface area is 205 Å². The summed E-state index contributed by atoms with van der Waals surface area (Å²) in [5.74, 6) is 0.565. The summed E-state index contributed by atoms with van der Waals surface area (Å²) in [4.78, 5) is 17.2. The number of ether oxygens (including phenoxy) is 1. The zero-order chi connectivity index (χ0) is 24.6. The third-order valence-corrected chi connectivity index (χ3v) is 5.72. The number of nitrogens with one attached hydrogen (secondary N) is 1.